The van der Waals surface area contributed by atoms with E-state index in [0.29, 0.717) is 25.8 Å². The predicted molar refractivity (Wildman–Crippen MR) is 118 cm³/mol. The minimum absolute atomic E-state index is 0.0898. The van der Waals surface area contributed by atoms with Gasteiger partial charge in [0.25, 0.3) is 0 Å². The fraction of sp³-hybridized carbons (Fsp3) is 0.667. The van der Waals surface area contributed by atoms with Crippen LogP contribution in [0.5, 0.6) is 0 Å². The van der Waals surface area contributed by atoms with Gasteiger partial charge in [0, 0.05) is 6.54 Å². The van der Waals surface area contributed by atoms with Gasteiger partial charge in [-0.2, -0.15) is 0 Å². The minimum Gasteiger partial charge on any atom is -0.481 e. The molecule has 3 atom stereocenters. The van der Waals surface area contributed by atoms with Gasteiger partial charge in [-0.25, -0.2) is 0 Å². The Morgan fingerprint density at radius 3 is 2.00 bits per heavy atom. The van der Waals surface area contributed by atoms with Gasteiger partial charge in [-0.1, -0.05) is 0 Å². The van der Waals surface area contributed by atoms with E-state index in [1.807, 2.05) is 5.32 Å². The van der Waals surface area contributed by atoms with E-state index in [4.69, 9.17) is 33.1 Å². The first-order valence-corrected chi connectivity index (χ1v) is 10.3. The van der Waals surface area contributed by atoms with E-state index in [0.717, 1.165) is 0 Å². The second kappa shape index (κ2) is 16.2. The summed E-state index contributed by atoms with van der Waals surface area (Å²) in [6.45, 7) is -0.131. The molecule has 188 valence electrons. The van der Waals surface area contributed by atoms with Gasteiger partial charge < -0.3 is 49.1 Å². The zero-order valence-electron chi connectivity index (χ0n) is 18.3. The fourth-order valence-corrected chi connectivity index (χ4v) is 2.63. The molecule has 0 spiro atoms. The first-order chi connectivity index (χ1) is 15.5. The summed E-state index contributed by atoms with van der Waals surface area (Å²) in [5.41, 5.74) is 21.7. The number of guanidine groups is 1. The Labute approximate surface area is 190 Å². The van der Waals surface area contributed by atoms with Crippen LogP contribution in [-0.4, -0.2) is 83.6 Å². The molecule has 0 aromatic rings. The maximum absolute atomic E-state index is 12.7. The lowest BCUT2D eigenvalue weighted by Gasteiger charge is -2.23. The van der Waals surface area contributed by atoms with Gasteiger partial charge in [0.2, 0.25) is 17.7 Å². The average Bonchev–Trinajstić information content (AvgIpc) is 2.72. The maximum atomic E-state index is 12.7. The number of amides is 3. The second-order valence-corrected chi connectivity index (χ2v) is 7.17. The summed E-state index contributed by atoms with van der Waals surface area (Å²) >= 11 is 0. The van der Waals surface area contributed by atoms with E-state index < -0.39 is 60.8 Å². The third-order valence-electron chi connectivity index (χ3n) is 4.31. The van der Waals surface area contributed by atoms with Crippen molar-refractivity contribution in [2.45, 2.75) is 56.7 Å². The maximum Gasteiger partial charge on any atom is 0.322 e. The Hall–Kier alpha value is -3.46. The Kier molecular flexibility index (Phi) is 14.5. The van der Waals surface area contributed by atoms with Crippen molar-refractivity contribution in [3.63, 3.8) is 0 Å². The Bertz CT molecular complexity index is 712. The molecule has 15 heteroatoms. The number of rotatable bonds is 17. The summed E-state index contributed by atoms with van der Waals surface area (Å²) in [5.74, 6) is -5.26. The molecule has 0 aliphatic carbocycles. The van der Waals surface area contributed by atoms with Crippen LogP contribution in [0.1, 0.15) is 38.5 Å². The van der Waals surface area contributed by atoms with Gasteiger partial charge in [-0.05, 0) is 38.6 Å². The molecule has 0 heterocycles. The summed E-state index contributed by atoms with van der Waals surface area (Å²) in [6, 6.07) is -3.62. The molecule has 13 N–H and O–H groups in total. The van der Waals surface area contributed by atoms with Crippen molar-refractivity contribution >= 4 is 35.6 Å². The molecule has 0 aromatic heterocycles. The molecule has 0 bridgehead atoms. The zero-order chi connectivity index (χ0) is 25.4. The number of hydrogen-bond donors (Lipinski definition) is 9. The lowest BCUT2D eigenvalue weighted by atomic mass is 10.1. The third-order valence-corrected chi connectivity index (χ3v) is 4.31. The molecule has 3 amide bonds. The van der Waals surface area contributed by atoms with Crippen LogP contribution in [0.15, 0.2) is 4.99 Å². The molecule has 15 nitrogen and oxygen atoms in total. The SMILES string of the molecule is NCCCCC(NC(=O)C(N)CCCN=C(N)N)C(=O)NC(CC(=O)O)C(=O)NCC(=O)O. The Morgan fingerprint density at radius 1 is 0.818 bits per heavy atom. The topological polar surface area (TPSA) is 278 Å². The van der Waals surface area contributed by atoms with Crippen molar-refractivity contribution in [2.24, 2.45) is 27.9 Å². The van der Waals surface area contributed by atoms with Gasteiger partial charge in [0.15, 0.2) is 5.96 Å². The van der Waals surface area contributed by atoms with E-state index in [1.54, 1.807) is 0 Å². The van der Waals surface area contributed by atoms with Crippen molar-refractivity contribution in [1.82, 2.24) is 16.0 Å². The van der Waals surface area contributed by atoms with E-state index in [2.05, 4.69) is 15.6 Å². The van der Waals surface area contributed by atoms with Crippen molar-refractivity contribution in [2.75, 3.05) is 19.6 Å². The first-order valence-electron chi connectivity index (χ1n) is 10.3. The number of unbranched alkanes of at least 4 members (excludes halogenated alkanes) is 1. The lowest BCUT2D eigenvalue weighted by molar-refractivity contribution is -0.141. The van der Waals surface area contributed by atoms with E-state index in [9.17, 15) is 24.0 Å². The van der Waals surface area contributed by atoms with Crippen LogP contribution in [-0.2, 0) is 24.0 Å². The van der Waals surface area contributed by atoms with Crippen LogP contribution < -0.4 is 38.9 Å². The zero-order valence-corrected chi connectivity index (χ0v) is 18.3. The lowest BCUT2D eigenvalue weighted by Crippen LogP contribution is -2.56. The number of nitrogens with one attached hydrogen (secondary N) is 3. The molecule has 0 fully saturated rings. The van der Waals surface area contributed by atoms with Crippen molar-refractivity contribution in [3.05, 3.63) is 0 Å². The smallest absolute Gasteiger partial charge is 0.322 e. The molecule has 0 aromatic carbocycles. The predicted octanol–water partition coefficient (Wildman–Crippen LogP) is -3.86. The van der Waals surface area contributed by atoms with Gasteiger partial charge in [0.1, 0.15) is 18.6 Å². The molecular weight excluding hydrogens is 440 g/mol. The van der Waals surface area contributed by atoms with Crippen LogP contribution in [0.25, 0.3) is 0 Å². The standard InChI is InChI=1S/C18H34N8O7/c19-6-2-1-5-11(25-15(31)10(20)4-3-7-23-18(21)22)17(33)26-12(8-13(27)28)16(32)24-9-14(29)30/h10-12H,1-9,19-20H2,(H,24,32)(H,25,31)(H,26,33)(H,27,28)(H,29,30)(H4,21,22,23). The number of hydrogen-bond acceptors (Lipinski definition) is 8. The van der Waals surface area contributed by atoms with Gasteiger partial charge >= 0.3 is 11.9 Å². The van der Waals surface area contributed by atoms with Crippen LogP contribution >= 0.6 is 0 Å². The van der Waals surface area contributed by atoms with E-state index in [-0.39, 0.29) is 25.3 Å². The number of aliphatic imine (C=N–C) groups is 1. The van der Waals surface area contributed by atoms with Gasteiger partial charge in [0.05, 0.1) is 12.5 Å². The second-order valence-electron chi connectivity index (χ2n) is 7.17. The van der Waals surface area contributed by atoms with Crippen LogP contribution in [0.3, 0.4) is 0 Å². The number of carboxylic acids is 2. The summed E-state index contributed by atoms with van der Waals surface area (Å²) in [5, 5.41) is 24.4. The third kappa shape index (κ3) is 14.3. The summed E-state index contributed by atoms with van der Waals surface area (Å²) in [7, 11) is 0. The molecule has 0 radical (unpaired) electrons. The molecule has 33 heavy (non-hydrogen) atoms. The number of nitrogens with two attached hydrogens (primary N) is 4. The average molecular weight is 475 g/mol. The largest absolute Gasteiger partial charge is 0.481 e. The van der Waals surface area contributed by atoms with Gasteiger partial charge in [-0.15, -0.1) is 0 Å². The fourth-order valence-electron chi connectivity index (χ4n) is 2.63. The molecule has 0 aliphatic rings. The van der Waals surface area contributed by atoms with Gasteiger partial charge in [-0.3, -0.25) is 29.0 Å². The van der Waals surface area contributed by atoms with Crippen LogP contribution in [0, 0.1) is 0 Å². The van der Waals surface area contributed by atoms with Crippen molar-refractivity contribution in [3.8, 4) is 0 Å². The highest BCUT2D eigenvalue weighted by molar-refractivity contribution is 5.95. The van der Waals surface area contributed by atoms with E-state index >= 15 is 0 Å². The number of carbonyl (C=O) groups is 5. The molecule has 0 rings (SSSR count). The van der Waals surface area contributed by atoms with Crippen molar-refractivity contribution < 1.29 is 34.2 Å². The minimum atomic E-state index is -1.54. The highest BCUT2D eigenvalue weighted by Gasteiger charge is 2.29. The number of nitrogens with zero attached hydrogens (tertiary/aromatic N) is 1. The van der Waals surface area contributed by atoms with Crippen molar-refractivity contribution in [1.29, 1.82) is 0 Å². The summed E-state index contributed by atoms with van der Waals surface area (Å²) < 4.78 is 0. The quantitative estimate of drug-likeness (QED) is 0.0558. The van der Waals surface area contributed by atoms with Crippen LogP contribution in [0.4, 0.5) is 0 Å². The monoisotopic (exact) mass is 474 g/mol. The Balaban J connectivity index is 5.18. The molecule has 3 unspecified atom stereocenters. The van der Waals surface area contributed by atoms with Crippen LogP contribution in [0.2, 0.25) is 0 Å². The number of carbonyl (C=O) groups excluding carboxylic acids is 3. The summed E-state index contributed by atoms with van der Waals surface area (Å²) in [6.07, 6.45) is 1.04. The summed E-state index contributed by atoms with van der Waals surface area (Å²) in [4.78, 5) is 62.8. The highest BCUT2D eigenvalue weighted by atomic mass is 16.4. The molecule has 0 saturated heterocycles. The number of carboxylic acid groups (broad SMARTS) is 2. The normalized spacial score (nSPS) is 13.2. The Morgan fingerprint density at radius 2 is 1.45 bits per heavy atom. The molecule has 0 saturated carbocycles. The van der Waals surface area contributed by atoms with E-state index in [1.165, 1.54) is 0 Å². The molecular formula is C18H34N8O7. The number of aliphatic carboxylic acids is 2. The molecule has 0 aliphatic heterocycles. The highest BCUT2D eigenvalue weighted by Crippen LogP contribution is 2.05. The first kappa shape index (κ1) is 29.5.